The van der Waals surface area contributed by atoms with Crippen molar-refractivity contribution >= 4 is 11.6 Å². The van der Waals surface area contributed by atoms with Crippen LogP contribution in [0.5, 0.6) is 0 Å². The molecular weight excluding hydrogens is 238 g/mol. The molecule has 0 aliphatic heterocycles. The molecule has 0 atom stereocenters. The van der Waals surface area contributed by atoms with Crippen molar-refractivity contribution in [3.8, 4) is 6.07 Å². The van der Waals surface area contributed by atoms with Gasteiger partial charge in [-0.3, -0.25) is 0 Å². The largest absolute Gasteiger partial charge is 0.369 e. The van der Waals surface area contributed by atoms with E-state index in [4.69, 9.17) is 5.26 Å². The van der Waals surface area contributed by atoms with Crippen molar-refractivity contribution in [3.05, 3.63) is 12.4 Å². The van der Waals surface area contributed by atoms with Crippen molar-refractivity contribution in [2.45, 2.75) is 32.1 Å². The highest BCUT2D eigenvalue weighted by Crippen LogP contribution is 2.26. The molecule has 2 rings (SSSR count). The Balaban J connectivity index is 1.91. The second-order valence-corrected chi connectivity index (χ2v) is 5.13. The lowest BCUT2D eigenvalue weighted by Gasteiger charge is -2.22. The number of hydrogen-bond donors (Lipinski definition) is 1. The molecule has 1 aromatic heterocycles. The number of nitrogens with one attached hydrogen (secondary N) is 1. The number of nitrogens with zero attached hydrogens (tertiary/aromatic N) is 4. The van der Waals surface area contributed by atoms with Crippen LogP contribution in [0.3, 0.4) is 0 Å². The number of aromatic nitrogens is 2. The zero-order valence-corrected chi connectivity index (χ0v) is 11.5. The van der Waals surface area contributed by atoms with Crippen molar-refractivity contribution in [2.24, 2.45) is 5.92 Å². The van der Waals surface area contributed by atoms with Gasteiger partial charge in [-0.15, -0.1) is 0 Å². The number of anilines is 2. The van der Waals surface area contributed by atoms with Gasteiger partial charge in [0.05, 0.1) is 12.5 Å². The first-order valence-electron chi connectivity index (χ1n) is 6.93. The third-order valence-corrected chi connectivity index (χ3v) is 3.59. The lowest BCUT2D eigenvalue weighted by Crippen LogP contribution is -2.25. The van der Waals surface area contributed by atoms with Gasteiger partial charge in [0.2, 0.25) is 0 Å². The topological polar surface area (TPSA) is 64.8 Å². The summed E-state index contributed by atoms with van der Waals surface area (Å²) in [6.07, 6.45) is 7.46. The van der Waals surface area contributed by atoms with E-state index < -0.39 is 0 Å². The van der Waals surface area contributed by atoms with Crippen molar-refractivity contribution in [1.82, 2.24) is 9.97 Å². The number of hydrogen-bond acceptors (Lipinski definition) is 5. The Morgan fingerprint density at radius 3 is 2.95 bits per heavy atom. The second-order valence-electron chi connectivity index (χ2n) is 5.13. The van der Waals surface area contributed by atoms with Gasteiger partial charge >= 0.3 is 0 Å². The molecule has 1 aromatic rings. The molecule has 1 aliphatic rings. The predicted molar refractivity (Wildman–Crippen MR) is 76.0 cm³/mol. The summed E-state index contributed by atoms with van der Waals surface area (Å²) in [5.41, 5.74) is 0. The van der Waals surface area contributed by atoms with Crippen LogP contribution < -0.4 is 10.2 Å². The quantitative estimate of drug-likeness (QED) is 0.795. The minimum absolute atomic E-state index is 0.483. The van der Waals surface area contributed by atoms with Crippen molar-refractivity contribution in [2.75, 3.05) is 30.4 Å². The van der Waals surface area contributed by atoms with Gasteiger partial charge in [-0.1, -0.05) is 12.8 Å². The van der Waals surface area contributed by atoms with Gasteiger partial charge in [0.15, 0.2) is 0 Å². The minimum atomic E-state index is 0.483. The molecule has 102 valence electrons. The molecule has 0 unspecified atom stereocenters. The maximum absolute atomic E-state index is 8.52. The standard InChI is InChI=1S/C14H21N5/c1-19(10-12-5-2-3-6-12)14-9-13(17-11-18-14)16-8-4-7-15/h9,11-12H,2-6,8,10H2,1H3,(H,16,17,18). The summed E-state index contributed by atoms with van der Waals surface area (Å²) in [5, 5.41) is 11.6. The zero-order valence-electron chi connectivity index (χ0n) is 11.5. The highest BCUT2D eigenvalue weighted by molar-refractivity contribution is 5.47. The fourth-order valence-corrected chi connectivity index (χ4v) is 2.57. The Kier molecular flexibility index (Phi) is 4.96. The van der Waals surface area contributed by atoms with Crippen LogP contribution >= 0.6 is 0 Å². The maximum Gasteiger partial charge on any atom is 0.133 e. The first-order valence-corrected chi connectivity index (χ1v) is 6.93. The summed E-state index contributed by atoms with van der Waals surface area (Å²) in [5.74, 6) is 2.54. The number of nitriles is 1. The van der Waals surface area contributed by atoms with E-state index in [0.717, 1.165) is 24.1 Å². The average Bonchev–Trinajstić information content (AvgIpc) is 2.92. The minimum Gasteiger partial charge on any atom is -0.369 e. The van der Waals surface area contributed by atoms with E-state index >= 15 is 0 Å². The van der Waals surface area contributed by atoms with Gasteiger partial charge < -0.3 is 10.2 Å². The Bertz CT molecular complexity index is 434. The molecule has 1 aliphatic carbocycles. The average molecular weight is 259 g/mol. The fourth-order valence-electron chi connectivity index (χ4n) is 2.57. The summed E-state index contributed by atoms with van der Waals surface area (Å²) < 4.78 is 0. The van der Waals surface area contributed by atoms with Gasteiger partial charge in [-0.2, -0.15) is 5.26 Å². The molecule has 5 nitrogen and oxygen atoms in total. The van der Waals surface area contributed by atoms with E-state index in [1.165, 1.54) is 25.7 Å². The van der Waals surface area contributed by atoms with Crippen LogP contribution in [-0.4, -0.2) is 30.1 Å². The summed E-state index contributed by atoms with van der Waals surface area (Å²) in [6.45, 7) is 1.69. The molecule has 1 heterocycles. The summed E-state index contributed by atoms with van der Waals surface area (Å²) in [6, 6.07) is 4.06. The lowest BCUT2D eigenvalue weighted by atomic mass is 10.1. The Morgan fingerprint density at radius 1 is 1.42 bits per heavy atom. The van der Waals surface area contributed by atoms with Crippen LogP contribution in [0.15, 0.2) is 12.4 Å². The SMILES string of the molecule is CN(CC1CCCC1)c1cc(NCCC#N)ncn1. The van der Waals surface area contributed by atoms with Crippen molar-refractivity contribution < 1.29 is 0 Å². The monoisotopic (exact) mass is 259 g/mol. The summed E-state index contributed by atoms with van der Waals surface area (Å²) >= 11 is 0. The highest BCUT2D eigenvalue weighted by Gasteiger charge is 2.17. The normalized spacial score (nSPS) is 15.2. The first-order chi connectivity index (χ1) is 9.29. The Hall–Kier alpha value is -1.83. The summed E-state index contributed by atoms with van der Waals surface area (Å²) in [4.78, 5) is 10.7. The summed E-state index contributed by atoms with van der Waals surface area (Å²) in [7, 11) is 2.08. The molecule has 5 heteroatoms. The van der Waals surface area contributed by atoms with Crippen LogP contribution in [0.25, 0.3) is 0 Å². The second kappa shape index (κ2) is 6.93. The smallest absolute Gasteiger partial charge is 0.133 e. The fraction of sp³-hybridized carbons (Fsp3) is 0.643. The highest BCUT2D eigenvalue weighted by atomic mass is 15.2. The molecule has 1 N–H and O–H groups in total. The molecule has 0 radical (unpaired) electrons. The predicted octanol–water partition coefficient (Wildman–Crippen LogP) is 2.43. The molecule has 0 bridgehead atoms. The third-order valence-electron chi connectivity index (χ3n) is 3.59. The van der Waals surface area contributed by atoms with Crippen molar-refractivity contribution in [3.63, 3.8) is 0 Å². The maximum atomic E-state index is 8.52. The van der Waals surface area contributed by atoms with E-state index in [1.807, 2.05) is 6.07 Å². The molecular formula is C14H21N5. The first kappa shape index (κ1) is 13.6. The molecule has 0 saturated heterocycles. The van der Waals surface area contributed by atoms with E-state index in [9.17, 15) is 0 Å². The molecule has 1 fully saturated rings. The van der Waals surface area contributed by atoms with Crippen LogP contribution in [0.4, 0.5) is 11.6 Å². The van der Waals surface area contributed by atoms with E-state index in [1.54, 1.807) is 6.33 Å². The van der Waals surface area contributed by atoms with E-state index in [2.05, 4.69) is 33.3 Å². The zero-order chi connectivity index (χ0) is 13.5. The molecule has 0 aromatic carbocycles. The van der Waals surface area contributed by atoms with E-state index in [0.29, 0.717) is 13.0 Å². The third kappa shape index (κ3) is 4.09. The van der Waals surface area contributed by atoms with Gasteiger partial charge in [0.1, 0.15) is 18.0 Å². The molecule has 0 amide bonds. The van der Waals surface area contributed by atoms with Gasteiger partial charge in [-0.25, -0.2) is 9.97 Å². The molecule has 0 spiro atoms. The Morgan fingerprint density at radius 2 is 2.21 bits per heavy atom. The van der Waals surface area contributed by atoms with E-state index in [-0.39, 0.29) is 0 Å². The van der Waals surface area contributed by atoms with Crippen LogP contribution in [-0.2, 0) is 0 Å². The van der Waals surface area contributed by atoms with Crippen LogP contribution in [0.2, 0.25) is 0 Å². The van der Waals surface area contributed by atoms with Crippen LogP contribution in [0.1, 0.15) is 32.1 Å². The van der Waals surface area contributed by atoms with Crippen LogP contribution in [0, 0.1) is 17.2 Å². The molecule has 1 saturated carbocycles. The molecule has 19 heavy (non-hydrogen) atoms. The lowest BCUT2D eigenvalue weighted by molar-refractivity contribution is 0.545. The van der Waals surface area contributed by atoms with Gasteiger partial charge in [0.25, 0.3) is 0 Å². The van der Waals surface area contributed by atoms with Gasteiger partial charge in [-0.05, 0) is 18.8 Å². The number of rotatable bonds is 6. The Labute approximate surface area is 114 Å². The van der Waals surface area contributed by atoms with Gasteiger partial charge in [0, 0.05) is 26.2 Å². The van der Waals surface area contributed by atoms with Crippen molar-refractivity contribution in [1.29, 1.82) is 5.26 Å².